The molecule has 0 bridgehead atoms. The summed E-state index contributed by atoms with van der Waals surface area (Å²) in [4.78, 5) is 6.49. The van der Waals surface area contributed by atoms with Gasteiger partial charge in [-0.05, 0) is 30.1 Å². The third-order valence-electron chi connectivity index (χ3n) is 2.89. The molecule has 6 heteroatoms. The fourth-order valence-electron chi connectivity index (χ4n) is 1.95. The maximum absolute atomic E-state index is 9.18. The smallest absolute Gasteiger partial charge is 0.162 e. The molecule has 0 spiro atoms. The molecule has 0 aromatic carbocycles. The number of nitriles is 1. The van der Waals surface area contributed by atoms with Crippen LogP contribution >= 0.6 is 23.1 Å². The zero-order valence-corrected chi connectivity index (χ0v) is 12.8. The van der Waals surface area contributed by atoms with Gasteiger partial charge >= 0.3 is 0 Å². The van der Waals surface area contributed by atoms with Gasteiger partial charge in [-0.15, -0.1) is 0 Å². The Morgan fingerprint density at radius 3 is 2.90 bits per heavy atom. The van der Waals surface area contributed by atoms with Gasteiger partial charge in [-0.25, -0.2) is 0 Å². The first-order chi connectivity index (χ1) is 9.76. The standard InChI is InChI=1S/C14H15ClN4S/c1-2-8-19(9-6-11-5-3-4-7-17-11)14-12(10-16)13(15)18-20-14/h3-5,7H,2,6,8-9H2,1H3. The Balaban J connectivity index is 2.13. The number of hydrogen-bond acceptors (Lipinski definition) is 5. The van der Waals surface area contributed by atoms with Gasteiger partial charge in [-0.3, -0.25) is 4.98 Å². The van der Waals surface area contributed by atoms with Crippen molar-refractivity contribution in [1.82, 2.24) is 9.36 Å². The molecule has 4 nitrogen and oxygen atoms in total. The monoisotopic (exact) mass is 306 g/mol. The number of nitrogens with zero attached hydrogens (tertiary/aromatic N) is 4. The average Bonchev–Trinajstić information content (AvgIpc) is 2.85. The van der Waals surface area contributed by atoms with Crippen molar-refractivity contribution < 1.29 is 0 Å². The molecule has 0 amide bonds. The molecule has 0 N–H and O–H groups in total. The minimum Gasteiger partial charge on any atom is -0.361 e. The van der Waals surface area contributed by atoms with E-state index in [1.807, 2.05) is 18.2 Å². The van der Waals surface area contributed by atoms with Crippen LogP contribution in [0.2, 0.25) is 5.15 Å². The van der Waals surface area contributed by atoms with E-state index in [-0.39, 0.29) is 0 Å². The molecule has 0 unspecified atom stereocenters. The molecular weight excluding hydrogens is 292 g/mol. The maximum atomic E-state index is 9.18. The van der Waals surface area contributed by atoms with Crippen molar-refractivity contribution in [3.05, 3.63) is 40.8 Å². The molecule has 0 fully saturated rings. The molecular formula is C14H15ClN4S. The predicted molar refractivity (Wildman–Crippen MR) is 82.3 cm³/mol. The van der Waals surface area contributed by atoms with E-state index in [0.717, 1.165) is 36.6 Å². The molecule has 104 valence electrons. The molecule has 0 radical (unpaired) electrons. The average molecular weight is 307 g/mol. The van der Waals surface area contributed by atoms with Crippen LogP contribution in [0.1, 0.15) is 24.6 Å². The number of halogens is 1. The maximum Gasteiger partial charge on any atom is 0.162 e. The van der Waals surface area contributed by atoms with Gasteiger partial charge in [0.05, 0.1) is 0 Å². The summed E-state index contributed by atoms with van der Waals surface area (Å²) in [5.41, 5.74) is 1.52. The van der Waals surface area contributed by atoms with E-state index in [9.17, 15) is 5.26 Å². The highest BCUT2D eigenvalue weighted by atomic mass is 35.5. The number of pyridine rings is 1. The van der Waals surface area contributed by atoms with Crippen molar-refractivity contribution in [3.8, 4) is 6.07 Å². The van der Waals surface area contributed by atoms with E-state index in [1.54, 1.807) is 6.20 Å². The Kier molecular flexibility index (Phi) is 5.33. The number of anilines is 1. The minimum absolute atomic E-state index is 0.298. The van der Waals surface area contributed by atoms with Gasteiger partial charge in [0.2, 0.25) is 0 Å². The lowest BCUT2D eigenvalue weighted by molar-refractivity contribution is 0.753. The highest BCUT2D eigenvalue weighted by Gasteiger charge is 2.17. The lowest BCUT2D eigenvalue weighted by Gasteiger charge is -2.22. The Labute approximate surface area is 127 Å². The fourth-order valence-corrected chi connectivity index (χ4v) is 3.03. The van der Waals surface area contributed by atoms with E-state index in [0.29, 0.717) is 10.7 Å². The van der Waals surface area contributed by atoms with Gasteiger partial charge in [0.15, 0.2) is 5.15 Å². The number of aromatic nitrogens is 2. The highest BCUT2D eigenvalue weighted by Crippen LogP contribution is 2.31. The van der Waals surface area contributed by atoms with E-state index in [4.69, 9.17) is 11.6 Å². The molecule has 2 aromatic rings. The second-order valence-electron chi connectivity index (χ2n) is 4.32. The third-order valence-corrected chi connectivity index (χ3v) is 4.17. The zero-order chi connectivity index (χ0) is 14.4. The summed E-state index contributed by atoms with van der Waals surface area (Å²) in [6.07, 6.45) is 3.63. The van der Waals surface area contributed by atoms with Crippen LogP contribution in [0.4, 0.5) is 5.00 Å². The Hall–Kier alpha value is -1.64. The van der Waals surface area contributed by atoms with Crippen LogP contribution in [-0.2, 0) is 6.42 Å². The fraction of sp³-hybridized carbons (Fsp3) is 0.357. The summed E-state index contributed by atoms with van der Waals surface area (Å²) in [5, 5.41) is 10.3. The second-order valence-corrected chi connectivity index (χ2v) is 5.43. The lowest BCUT2D eigenvalue weighted by Crippen LogP contribution is -2.26. The zero-order valence-electron chi connectivity index (χ0n) is 11.2. The van der Waals surface area contributed by atoms with Crippen LogP contribution in [-0.4, -0.2) is 22.4 Å². The minimum atomic E-state index is 0.298. The Bertz CT molecular complexity index is 591. The first-order valence-electron chi connectivity index (χ1n) is 6.46. The molecule has 20 heavy (non-hydrogen) atoms. The summed E-state index contributed by atoms with van der Waals surface area (Å²) in [6, 6.07) is 8.04. The van der Waals surface area contributed by atoms with Gasteiger partial charge in [0.25, 0.3) is 0 Å². The van der Waals surface area contributed by atoms with Crippen molar-refractivity contribution in [2.45, 2.75) is 19.8 Å². The summed E-state index contributed by atoms with van der Waals surface area (Å²) >= 11 is 7.23. The van der Waals surface area contributed by atoms with Crippen LogP contribution in [0, 0.1) is 11.3 Å². The second kappa shape index (κ2) is 7.22. The van der Waals surface area contributed by atoms with E-state index in [2.05, 4.69) is 27.3 Å². The third kappa shape index (κ3) is 3.47. The topological polar surface area (TPSA) is 52.8 Å². The molecule has 2 rings (SSSR count). The van der Waals surface area contributed by atoms with Gasteiger partial charge in [0, 0.05) is 31.4 Å². The van der Waals surface area contributed by atoms with E-state index in [1.165, 1.54) is 11.5 Å². The van der Waals surface area contributed by atoms with Gasteiger partial charge < -0.3 is 4.90 Å². The molecule has 2 heterocycles. The van der Waals surface area contributed by atoms with Gasteiger partial charge in [0.1, 0.15) is 16.6 Å². The molecule has 0 aliphatic rings. The highest BCUT2D eigenvalue weighted by molar-refractivity contribution is 7.10. The van der Waals surface area contributed by atoms with E-state index >= 15 is 0 Å². The largest absolute Gasteiger partial charge is 0.361 e. The normalized spacial score (nSPS) is 10.2. The number of hydrogen-bond donors (Lipinski definition) is 0. The van der Waals surface area contributed by atoms with Gasteiger partial charge in [-0.1, -0.05) is 24.6 Å². The molecule has 0 saturated heterocycles. The predicted octanol–water partition coefficient (Wildman–Crippen LogP) is 3.52. The van der Waals surface area contributed by atoms with Crippen molar-refractivity contribution in [1.29, 1.82) is 5.26 Å². The molecule has 0 aliphatic carbocycles. The number of rotatable bonds is 6. The lowest BCUT2D eigenvalue weighted by atomic mass is 10.2. The molecule has 0 saturated carbocycles. The first kappa shape index (κ1) is 14.8. The summed E-state index contributed by atoms with van der Waals surface area (Å²) in [7, 11) is 0. The molecule has 0 atom stereocenters. The summed E-state index contributed by atoms with van der Waals surface area (Å²) < 4.78 is 4.07. The Morgan fingerprint density at radius 1 is 1.40 bits per heavy atom. The Morgan fingerprint density at radius 2 is 2.25 bits per heavy atom. The van der Waals surface area contributed by atoms with Crippen LogP contribution in [0.3, 0.4) is 0 Å². The molecule has 2 aromatic heterocycles. The van der Waals surface area contributed by atoms with Crippen LogP contribution in [0.15, 0.2) is 24.4 Å². The quantitative estimate of drug-likeness (QED) is 0.819. The summed E-state index contributed by atoms with van der Waals surface area (Å²) in [6.45, 7) is 3.79. The van der Waals surface area contributed by atoms with Crippen LogP contribution in [0.25, 0.3) is 0 Å². The van der Waals surface area contributed by atoms with Crippen LogP contribution < -0.4 is 4.90 Å². The first-order valence-corrected chi connectivity index (χ1v) is 7.61. The van der Waals surface area contributed by atoms with Crippen molar-refractivity contribution in [2.75, 3.05) is 18.0 Å². The SMILES string of the molecule is CCCN(CCc1ccccn1)c1snc(Cl)c1C#N. The van der Waals surface area contributed by atoms with Crippen molar-refractivity contribution in [2.24, 2.45) is 0 Å². The van der Waals surface area contributed by atoms with E-state index < -0.39 is 0 Å². The summed E-state index contributed by atoms with van der Waals surface area (Å²) in [5.74, 6) is 0. The van der Waals surface area contributed by atoms with Crippen molar-refractivity contribution in [3.63, 3.8) is 0 Å². The molecule has 0 aliphatic heterocycles. The van der Waals surface area contributed by atoms with Crippen molar-refractivity contribution >= 4 is 28.1 Å². The van der Waals surface area contributed by atoms with Crippen LogP contribution in [0.5, 0.6) is 0 Å². The van der Waals surface area contributed by atoms with Gasteiger partial charge in [-0.2, -0.15) is 9.64 Å².